The molecule has 4 aromatic heterocycles. The van der Waals surface area contributed by atoms with Gasteiger partial charge in [-0.05, 0) is 36.9 Å². The van der Waals surface area contributed by atoms with Crippen LogP contribution >= 0.6 is 0 Å². The van der Waals surface area contributed by atoms with E-state index in [9.17, 15) is 4.39 Å². The lowest BCUT2D eigenvalue weighted by Gasteiger charge is -2.34. The largest absolute Gasteiger partial charge is 0.367 e. The van der Waals surface area contributed by atoms with Gasteiger partial charge < -0.3 is 14.8 Å². The van der Waals surface area contributed by atoms with E-state index >= 15 is 0 Å². The molecule has 160 valence electrons. The minimum absolute atomic E-state index is 0.366. The monoisotopic (exact) mass is 428 g/mol. The van der Waals surface area contributed by atoms with Crippen LogP contribution in [0.2, 0.25) is 0 Å². The summed E-state index contributed by atoms with van der Waals surface area (Å²) in [6.07, 6.45) is 4.65. The Balaban J connectivity index is 1.44. The van der Waals surface area contributed by atoms with Crippen LogP contribution in [0.15, 0.2) is 48.9 Å². The molecule has 8 nitrogen and oxygen atoms in total. The number of aromatic nitrogens is 6. The second-order valence-corrected chi connectivity index (χ2v) is 8.13. The third-order valence-corrected chi connectivity index (χ3v) is 6.04. The van der Waals surface area contributed by atoms with Gasteiger partial charge in [0.2, 0.25) is 0 Å². The molecule has 0 atom stereocenters. The molecule has 1 aliphatic rings. The molecule has 1 saturated heterocycles. The minimum Gasteiger partial charge on any atom is -0.367 e. The van der Waals surface area contributed by atoms with Gasteiger partial charge in [0.25, 0.3) is 0 Å². The SMILES string of the molecule is CN1CCN(c2ccnc3nc(-c4n[nH]c5ccc(-c6cncc(F)c6)cc45)[nH]c23)CC1. The topological polar surface area (TPSA) is 89.6 Å². The Labute approximate surface area is 183 Å². The number of likely N-dealkylation sites (N-methyl/N-ethyl adjacent to an activating group) is 1. The van der Waals surface area contributed by atoms with E-state index in [0.717, 1.165) is 53.8 Å². The third-order valence-electron chi connectivity index (χ3n) is 6.04. The van der Waals surface area contributed by atoms with E-state index in [1.54, 1.807) is 12.4 Å². The lowest BCUT2D eigenvalue weighted by Crippen LogP contribution is -2.44. The molecule has 32 heavy (non-hydrogen) atoms. The van der Waals surface area contributed by atoms with Crippen LogP contribution in [0.5, 0.6) is 0 Å². The number of nitrogens with one attached hydrogen (secondary N) is 2. The summed E-state index contributed by atoms with van der Waals surface area (Å²) < 4.78 is 13.7. The fourth-order valence-corrected chi connectivity index (χ4v) is 4.26. The average molecular weight is 428 g/mol. The van der Waals surface area contributed by atoms with Crippen LogP contribution in [0.3, 0.4) is 0 Å². The van der Waals surface area contributed by atoms with Crippen molar-refractivity contribution >= 4 is 27.8 Å². The van der Waals surface area contributed by atoms with Gasteiger partial charge in [0.1, 0.15) is 17.0 Å². The first-order chi connectivity index (χ1) is 15.7. The molecule has 2 N–H and O–H groups in total. The molecule has 9 heteroatoms. The quantitative estimate of drug-likeness (QED) is 0.458. The molecule has 5 aromatic rings. The number of nitrogens with zero attached hydrogens (tertiary/aromatic N) is 6. The number of benzene rings is 1. The third kappa shape index (κ3) is 3.18. The Morgan fingerprint density at radius 3 is 2.72 bits per heavy atom. The fourth-order valence-electron chi connectivity index (χ4n) is 4.26. The van der Waals surface area contributed by atoms with Gasteiger partial charge in [-0.2, -0.15) is 5.10 Å². The van der Waals surface area contributed by atoms with Gasteiger partial charge in [-0.25, -0.2) is 14.4 Å². The molecule has 0 spiro atoms. The van der Waals surface area contributed by atoms with Gasteiger partial charge in [-0.15, -0.1) is 0 Å². The Morgan fingerprint density at radius 2 is 1.88 bits per heavy atom. The summed E-state index contributed by atoms with van der Waals surface area (Å²) >= 11 is 0. The molecule has 5 heterocycles. The Kier molecular flexibility index (Phi) is 4.36. The minimum atomic E-state index is -0.366. The summed E-state index contributed by atoms with van der Waals surface area (Å²) in [5.74, 6) is 0.282. The van der Waals surface area contributed by atoms with Crippen LogP contribution in [0.1, 0.15) is 0 Å². The number of rotatable bonds is 3. The normalized spacial score (nSPS) is 15.1. The first-order valence-corrected chi connectivity index (χ1v) is 10.5. The van der Waals surface area contributed by atoms with E-state index in [1.165, 1.54) is 12.3 Å². The highest BCUT2D eigenvalue weighted by atomic mass is 19.1. The van der Waals surface area contributed by atoms with E-state index in [0.29, 0.717) is 22.7 Å². The fraction of sp³-hybridized carbons (Fsp3) is 0.217. The summed E-state index contributed by atoms with van der Waals surface area (Å²) in [5.41, 5.74) is 5.83. The zero-order valence-corrected chi connectivity index (χ0v) is 17.5. The van der Waals surface area contributed by atoms with E-state index in [-0.39, 0.29) is 5.82 Å². The predicted octanol–water partition coefficient (Wildman–Crippen LogP) is 3.45. The first-order valence-electron chi connectivity index (χ1n) is 10.5. The molecule has 1 aromatic carbocycles. The molecular formula is C23H21FN8. The Bertz CT molecular complexity index is 1430. The van der Waals surface area contributed by atoms with Crippen molar-refractivity contribution in [2.75, 3.05) is 38.1 Å². The van der Waals surface area contributed by atoms with Crippen molar-refractivity contribution in [3.05, 3.63) is 54.7 Å². The summed E-state index contributed by atoms with van der Waals surface area (Å²) in [7, 11) is 2.14. The summed E-state index contributed by atoms with van der Waals surface area (Å²) in [6, 6.07) is 9.34. The molecule has 0 radical (unpaired) electrons. The van der Waals surface area contributed by atoms with Crippen molar-refractivity contribution in [2.24, 2.45) is 0 Å². The molecule has 0 unspecified atom stereocenters. The molecule has 0 bridgehead atoms. The number of aromatic amines is 2. The van der Waals surface area contributed by atoms with Gasteiger partial charge in [0.15, 0.2) is 11.5 Å². The van der Waals surface area contributed by atoms with Crippen molar-refractivity contribution in [1.29, 1.82) is 0 Å². The van der Waals surface area contributed by atoms with Crippen LogP contribution in [-0.2, 0) is 0 Å². The van der Waals surface area contributed by atoms with Gasteiger partial charge in [-0.1, -0.05) is 6.07 Å². The highest BCUT2D eigenvalue weighted by Gasteiger charge is 2.20. The van der Waals surface area contributed by atoms with Crippen molar-refractivity contribution in [1.82, 2.24) is 35.0 Å². The van der Waals surface area contributed by atoms with Crippen LogP contribution in [0, 0.1) is 5.82 Å². The van der Waals surface area contributed by atoms with Gasteiger partial charge in [-0.3, -0.25) is 10.1 Å². The predicted molar refractivity (Wildman–Crippen MR) is 122 cm³/mol. The van der Waals surface area contributed by atoms with Crippen LogP contribution < -0.4 is 4.90 Å². The van der Waals surface area contributed by atoms with E-state index in [4.69, 9.17) is 4.98 Å². The maximum atomic E-state index is 13.7. The maximum absolute atomic E-state index is 13.7. The number of anilines is 1. The molecule has 1 aliphatic heterocycles. The molecule has 0 aliphatic carbocycles. The van der Waals surface area contributed by atoms with E-state index < -0.39 is 0 Å². The highest BCUT2D eigenvalue weighted by molar-refractivity contribution is 5.96. The van der Waals surface area contributed by atoms with Gasteiger partial charge in [0.05, 0.1) is 17.4 Å². The van der Waals surface area contributed by atoms with Crippen molar-refractivity contribution in [2.45, 2.75) is 0 Å². The standard InChI is InChI=1S/C23H21FN8/c1-31-6-8-32(9-7-31)19-4-5-26-22-21(19)27-23(28-22)20-17-11-14(2-3-18(17)29-30-20)15-10-16(24)13-25-12-15/h2-5,10-13H,6-9H2,1H3,(H,29,30)(H,26,27,28). The lowest BCUT2D eigenvalue weighted by molar-refractivity contribution is 0.313. The van der Waals surface area contributed by atoms with Gasteiger partial charge >= 0.3 is 0 Å². The molecular weight excluding hydrogens is 407 g/mol. The van der Waals surface area contributed by atoms with E-state index in [2.05, 4.69) is 42.0 Å². The lowest BCUT2D eigenvalue weighted by atomic mass is 10.0. The number of hydrogen-bond donors (Lipinski definition) is 2. The van der Waals surface area contributed by atoms with Crippen LogP contribution in [0.4, 0.5) is 10.1 Å². The van der Waals surface area contributed by atoms with Crippen molar-refractivity contribution < 1.29 is 4.39 Å². The summed E-state index contributed by atoms with van der Waals surface area (Å²) in [5, 5.41) is 8.47. The Morgan fingerprint density at radius 1 is 1.00 bits per heavy atom. The number of hydrogen-bond acceptors (Lipinski definition) is 6. The molecule has 0 amide bonds. The zero-order valence-electron chi connectivity index (χ0n) is 17.5. The number of pyridine rings is 2. The Hall–Kier alpha value is -3.85. The summed E-state index contributed by atoms with van der Waals surface area (Å²) in [4.78, 5) is 21.3. The van der Waals surface area contributed by atoms with Crippen molar-refractivity contribution in [3.8, 4) is 22.6 Å². The summed E-state index contributed by atoms with van der Waals surface area (Å²) in [6.45, 7) is 3.96. The number of imidazole rings is 1. The second-order valence-electron chi connectivity index (χ2n) is 8.13. The zero-order chi connectivity index (χ0) is 21.7. The highest BCUT2D eigenvalue weighted by Crippen LogP contribution is 2.32. The average Bonchev–Trinajstić information content (AvgIpc) is 3.43. The molecule has 6 rings (SSSR count). The van der Waals surface area contributed by atoms with Crippen molar-refractivity contribution in [3.63, 3.8) is 0 Å². The number of piperazine rings is 1. The first kappa shape index (κ1) is 18.9. The second kappa shape index (κ2) is 7.38. The number of fused-ring (bicyclic) bond motifs is 2. The molecule has 1 fully saturated rings. The number of halogens is 1. The van der Waals surface area contributed by atoms with E-state index in [1.807, 2.05) is 24.3 Å². The smallest absolute Gasteiger partial charge is 0.180 e. The van der Waals surface area contributed by atoms with Gasteiger partial charge in [0, 0.05) is 49.5 Å². The van der Waals surface area contributed by atoms with Crippen LogP contribution in [0.25, 0.3) is 44.7 Å². The maximum Gasteiger partial charge on any atom is 0.180 e. The van der Waals surface area contributed by atoms with Crippen LogP contribution in [-0.4, -0.2) is 68.3 Å². The molecule has 0 saturated carbocycles. The number of H-pyrrole nitrogens is 2.